The second kappa shape index (κ2) is 5.31. The summed E-state index contributed by atoms with van der Waals surface area (Å²) < 4.78 is 4.92. The molecule has 18 heavy (non-hydrogen) atoms. The summed E-state index contributed by atoms with van der Waals surface area (Å²) in [6, 6.07) is 8.20. The summed E-state index contributed by atoms with van der Waals surface area (Å²) in [6.45, 7) is 2.07. The number of pyridine rings is 1. The van der Waals surface area contributed by atoms with Crippen LogP contribution in [-0.4, -0.2) is 22.7 Å². The Morgan fingerprint density at radius 2 is 2.22 bits per heavy atom. The van der Waals surface area contributed by atoms with Crippen molar-refractivity contribution < 1.29 is 14.6 Å². The molecule has 92 valence electrons. The fraction of sp³-hybridized carbons (Fsp3) is 0.143. The zero-order valence-electron chi connectivity index (χ0n) is 9.96. The average molecular weight is 243 g/mol. The predicted octanol–water partition coefficient (Wildman–Crippen LogP) is 2.63. The van der Waals surface area contributed by atoms with E-state index in [1.165, 1.54) is 12.1 Å². The minimum atomic E-state index is -0.400. The molecule has 0 radical (unpaired) electrons. The van der Waals surface area contributed by atoms with Gasteiger partial charge in [0, 0.05) is 23.5 Å². The fourth-order valence-corrected chi connectivity index (χ4v) is 1.63. The van der Waals surface area contributed by atoms with Crippen molar-refractivity contribution in [3.63, 3.8) is 0 Å². The molecule has 1 aromatic heterocycles. The molecule has 0 atom stereocenters. The van der Waals surface area contributed by atoms with Crippen LogP contribution in [0.1, 0.15) is 17.3 Å². The summed E-state index contributed by atoms with van der Waals surface area (Å²) in [5.74, 6) is -0.293. The number of benzene rings is 1. The van der Waals surface area contributed by atoms with E-state index >= 15 is 0 Å². The van der Waals surface area contributed by atoms with Crippen LogP contribution in [0.5, 0.6) is 5.75 Å². The number of hydrogen-bond donors (Lipinski definition) is 1. The van der Waals surface area contributed by atoms with Gasteiger partial charge in [-0.25, -0.2) is 4.79 Å². The van der Waals surface area contributed by atoms with Crippen molar-refractivity contribution in [2.24, 2.45) is 0 Å². The smallest absolute Gasteiger partial charge is 0.338 e. The molecule has 1 heterocycles. The second-order valence-corrected chi connectivity index (χ2v) is 3.69. The molecule has 2 rings (SSSR count). The van der Waals surface area contributed by atoms with Gasteiger partial charge in [-0.2, -0.15) is 0 Å². The summed E-state index contributed by atoms with van der Waals surface area (Å²) in [5.41, 5.74) is 1.73. The van der Waals surface area contributed by atoms with Gasteiger partial charge < -0.3 is 9.84 Å². The number of rotatable bonds is 3. The molecule has 0 saturated carbocycles. The van der Waals surface area contributed by atoms with Crippen LogP contribution in [0.25, 0.3) is 11.1 Å². The largest absolute Gasteiger partial charge is 0.507 e. The van der Waals surface area contributed by atoms with Gasteiger partial charge in [0.05, 0.1) is 12.2 Å². The number of aromatic nitrogens is 1. The first-order chi connectivity index (χ1) is 8.72. The van der Waals surface area contributed by atoms with Crippen molar-refractivity contribution in [3.05, 3.63) is 48.3 Å². The minimum absolute atomic E-state index is 0.107. The minimum Gasteiger partial charge on any atom is -0.507 e. The first-order valence-electron chi connectivity index (χ1n) is 5.63. The number of phenols is 1. The van der Waals surface area contributed by atoms with Gasteiger partial charge in [-0.3, -0.25) is 4.98 Å². The van der Waals surface area contributed by atoms with Crippen LogP contribution in [-0.2, 0) is 4.74 Å². The Balaban J connectivity index is 2.42. The maximum Gasteiger partial charge on any atom is 0.338 e. The van der Waals surface area contributed by atoms with Crippen molar-refractivity contribution in [2.45, 2.75) is 6.92 Å². The highest BCUT2D eigenvalue weighted by molar-refractivity contribution is 5.91. The topological polar surface area (TPSA) is 59.4 Å². The zero-order valence-corrected chi connectivity index (χ0v) is 9.96. The van der Waals surface area contributed by atoms with Gasteiger partial charge in [0.25, 0.3) is 0 Å². The molecule has 1 N–H and O–H groups in total. The van der Waals surface area contributed by atoms with Crippen LogP contribution < -0.4 is 0 Å². The van der Waals surface area contributed by atoms with E-state index in [1.807, 2.05) is 6.07 Å². The number of hydrogen-bond acceptors (Lipinski definition) is 4. The van der Waals surface area contributed by atoms with Crippen LogP contribution in [0.15, 0.2) is 42.7 Å². The van der Waals surface area contributed by atoms with E-state index in [-0.39, 0.29) is 5.75 Å². The SMILES string of the molecule is CCOC(=O)c1ccc(O)c(-c2cccnc2)c1. The Labute approximate surface area is 105 Å². The van der Waals surface area contributed by atoms with Crippen LogP contribution in [0.4, 0.5) is 0 Å². The van der Waals surface area contributed by atoms with Gasteiger partial charge >= 0.3 is 5.97 Å². The van der Waals surface area contributed by atoms with Gasteiger partial charge in [0.15, 0.2) is 0 Å². The molecule has 0 unspecified atom stereocenters. The van der Waals surface area contributed by atoms with E-state index in [9.17, 15) is 9.90 Å². The summed E-state index contributed by atoms with van der Waals surface area (Å²) in [5, 5.41) is 9.82. The van der Waals surface area contributed by atoms with Gasteiger partial charge in [-0.1, -0.05) is 6.07 Å². The van der Waals surface area contributed by atoms with Gasteiger partial charge in [-0.05, 0) is 31.2 Å². The van der Waals surface area contributed by atoms with Gasteiger partial charge in [-0.15, -0.1) is 0 Å². The van der Waals surface area contributed by atoms with Crippen molar-refractivity contribution in [2.75, 3.05) is 6.61 Å². The number of phenolic OH excluding ortho intramolecular Hbond substituents is 1. The Bertz CT molecular complexity index is 552. The molecular weight excluding hydrogens is 230 g/mol. The Kier molecular flexibility index (Phi) is 3.57. The first kappa shape index (κ1) is 12.1. The van der Waals surface area contributed by atoms with Crippen LogP contribution in [0.2, 0.25) is 0 Å². The van der Waals surface area contributed by atoms with Crippen molar-refractivity contribution in [1.82, 2.24) is 4.98 Å². The number of esters is 1. The van der Waals surface area contributed by atoms with Crippen LogP contribution in [0, 0.1) is 0 Å². The van der Waals surface area contributed by atoms with E-state index in [0.717, 1.165) is 5.56 Å². The predicted molar refractivity (Wildman–Crippen MR) is 67.3 cm³/mol. The molecule has 1 aromatic carbocycles. The van der Waals surface area contributed by atoms with E-state index < -0.39 is 5.97 Å². The standard InChI is InChI=1S/C14H13NO3/c1-2-18-14(17)10-5-6-13(16)12(8-10)11-4-3-7-15-9-11/h3-9,16H,2H2,1H3. The summed E-state index contributed by atoms with van der Waals surface area (Å²) in [6.07, 6.45) is 3.28. The highest BCUT2D eigenvalue weighted by atomic mass is 16.5. The highest BCUT2D eigenvalue weighted by Gasteiger charge is 2.11. The number of ether oxygens (including phenoxy) is 1. The van der Waals surface area contributed by atoms with Crippen molar-refractivity contribution >= 4 is 5.97 Å². The molecule has 0 aliphatic carbocycles. The van der Waals surface area contributed by atoms with E-state index in [1.54, 1.807) is 31.5 Å². The third kappa shape index (κ3) is 2.48. The lowest BCUT2D eigenvalue weighted by Crippen LogP contribution is -2.04. The molecule has 0 fully saturated rings. The van der Waals surface area contributed by atoms with Gasteiger partial charge in [0.2, 0.25) is 0 Å². The number of carbonyl (C=O) groups is 1. The molecule has 0 amide bonds. The lowest BCUT2D eigenvalue weighted by Gasteiger charge is -2.07. The number of aromatic hydroxyl groups is 1. The molecule has 4 heteroatoms. The summed E-state index contributed by atoms with van der Waals surface area (Å²) >= 11 is 0. The third-order valence-electron chi connectivity index (χ3n) is 2.48. The van der Waals surface area contributed by atoms with E-state index in [4.69, 9.17) is 4.74 Å². The number of carbonyl (C=O) groups excluding carboxylic acids is 1. The third-order valence-corrected chi connectivity index (χ3v) is 2.48. The molecule has 0 saturated heterocycles. The molecule has 0 aliphatic rings. The quantitative estimate of drug-likeness (QED) is 0.842. The first-order valence-corrected chi connectivity index (χ1v) is 5.63. The lowest BCUT2D eigenvalue weighted by atomic mass is 10.0. The average Bonchev–Trinajstić information content (AvgIpc) is 2.40. The summed E-state index contributed by atoms with van der Waals surface area (Å²) in [7, 11) is 0. The Morgan fingerprint density at radius 3 is 2.89 bits per heavy atom. The molecule has 0 spiro atoms. The maximum atomic E-state index is 11.6. The monoisotopic (exact) mass is 243 g/mol. The normalized spacial score (nSPS) is 10.1. The van der Waals surface area contributed by atoms with Crippen molar-refractivity contribution in [1.29, 1.82) is 0 Å². The molecule has 0 aliphatic heterocycles. The van der Waals surface area contributed by atoms with E-state index in [0.29, 0.717) is 17.7 Å². The van der Waals surface area contributed by atoms with Gasteiger partial charge in [0.1, 0.15) is 5.75 Å². The number of nitrogens with zero attached hydrogens (tertiary/aromatic N) is 1. The Morgan fingerprint density at radius 1 is 1.39 bits per heavy atom. The fourth-order valence-electron chi connectivity index (χ4n) is 1.63. The highest BCUT2D eigenvalue weighted by Crippen LogP contribution is 2.29. The molecule has 0 bridgehead atoms. The zero-order chi connectivity index (χ0) is 13.0. The molecule has 4 nitrogen and oxygen atoms in total. The summed E-state index contributed by atoms with van der Waals surface area (Å²) in [4.78, 5) is 15.6. The maximum absolute atomic E-state index is 11.6. The van der Waals surface area contributed by atoms with Crippen LogP contribution in [0.3, 0.4) is 0 Å². The Hall–Kier alpha value is -2.36. The second-order valence-electron chi connectivity index (χ2n) is 3.69. The van der Waals surface area contributed by atoms with Crippen molar-refractivity contribution in [3.8, 4) is 16.9 Å². The molecular formula is C14H13NO3. The van der Waals surface area contributed by atoms with E-state index in [2.05, 4.69) is 4.98 Å². The van der Waals surface area contributed by atoms with Crippen LogP contribution >= 0.6 is 0 Å². The lowest BCUT2D eigenvalue weighted by molar-refractivity contribution is 0.0526. The molecule has 2 aromatic rings.